The summed E-state index contributed by atoms with van der Waals surface area (Å²) < 4.78 is 7.17. The van der Waals surface area contributed by atoms with Gasteiger partial charge in [-0.25, -0.2) is 19.2 Å². The van der Waals surface area contributed by atoms with E-state index in [-0.39, 0.29) is 56.7 Å². The van der Waals surface area contributed by atoms with E-state index in [2.05, 4.69) is 0 Å². The Kier molecular flexibility index (Phi) is 8.74. The molecule has 20 nitrogen and oxygen atoms in total. The molecule has 4 aromatic heterocycles. The predicted molar refractivity (Wildman–Crippen MR) is 194 cm³/mol. The van der Waals surface area contributed by atoms with Gasteiger partial charge in [-0.3, -0.25) is 55.7 Å². The second-order valence-electron chi connectivity index (χ2n) is 12.6. The zero-order valence-electron chi connectivity index (χ0n) is 29.6. The van der Waals surface area contributed by atoms with E-state index in [1.54, 1.807) is 0 Å². The number of nitrogens with two attached hydrogens (primary N) is 4. The van der Waals surface area contributed by atoms with Crippen molar-refractivity contribution in [2.45, 2.75) is 11.8 Å². The summed E-state index contributed by atoms with van der Waals surface area (Å²) in [5.41, 5.74) is 18.4. The molecule has 0 spiro atoms. The molecule has 0 fully saturated rings. The lowest BCUT2D eigenvalue weighted by Crippen LogP contribution is -2.45. The van der Waals surface area contributed by atoms with Gasteiger partial charge in [-0.15, -0.1) is 0 Å². The van der Waals surface area contributed by atoms with E-state index >= 15 is 0 Å². The molecule has 20 heteroatoms. The summed E-state index contributed by atoms with van der Waals surface area (Å²) in [4.78, 5) is 107. The highest BCUT2D eigenvalue weighted by atomic mass is 16.2. The molecule has 0 aliphatic carbocycles. The van der Waals surface area contributed by atoms with Crippen molar-refractivity contribution < 1.29 is 0 Å². The van der Waals surface area contributed by atoms with Crippen LogP contribution in [-0.2, 0) is 56.4 Å². The van der Waals surface area contributed by atoms with Crippen LogP contribution in [0.25, 0.3) is 0 Å². The van der Waals surface area contributed by atoms with Crippen LogP contribution in [0.1, 0.15) is 45.2 Å². The molecule has 0 atom stereocenters. The van der Waals surface area contributed by atoms with Crippen LogP contribution >= 0.6 is 0 Å². The number of nitrogens with zero attached hydrogens (tertiary/aromatic N) is 8. The Hall–Kier alpha value is -6.86. The van der Waals surface area contributed by atoms with Crippen LogP contribution in [-0.4, -0.2) is 36.5 Å². The molecule has 4 heterocycles. The summed E-state index contributed by atoms with van der Waals surface area (Å²) in [6.45, 7) is 0. The van der Waals surface area contributed by atoms with E-state index in [0.29, 0.717) is 0 Å². The summed E-state index contributed by atoms with van der Waals surface area (Å²) in [5.74, 6) is -4.19. The number of hydrogen-bond acceptors (Lipinski definition) is 12. The monoisotopic (exact) mass is 718 g/mol. The van der Waals surface area contributed by atoms with E-state index in [1.165, 1.54) is 80.6 Å². The molecule has 0 radical (unpaired) electrons. The van der Waals surface area contributed by atoms with Crippen LogP contribution in [0.15, 0.2) is 62.6 Å². The summed E-state index contributed by atoms with van der Waals surface area (Å²) in [6.07, 6.45) is 0. The third kappa shape index (κ3) is 5.05. The molecule has 5 aromatic rings. The van der Waals surface area contributed by atoms with Gasteiger partial charge in [0.05, 0.1) is 34.1 Å². The maximum absolute atomic E-state index is 13.9. The van der Waals surface area contributed by atoms with Gasteiger partial charge < -0.3 is 22.9 Å². The summed E-state index contributed by atoms with van der Waals surface area (Å²) in [5, 5.41) is 0. The highest BCUT2D eigenvalue weighted by Gasteiger charge is 2.35. The third-order valence-electron chi connectivity index (χ3n) is 9.72. The highest BCUT2D eigenvalue weighted by Crippen LogP contribution is 2.38. The third-order valence-corrected chi connectivity index (χ3v) is 9.72. The predicted octanol–water partition coefficient (Wildman–Crippen LogP) is -4.03. The van der Waals surface area contributed by atoms with Gasteiger partial charge in [-0.05, 0) is 11.1 Å². The van der Waals surface area contributed by atoms with Gasteiger partial charge in [0, 0.05) is 56.4 Å². The molecule has 1 aromatic carbocycles. The van der Waals surface area contributed by atoms with Gasteiger partial charge in [-0.1, -0.05) is 24.3 Å². The first-order chi connectivity index (χ1) is 24.2. The minimum atomic E-state index is -1.46. The van der Waals surface area contributed by atoms with Crippen molar-refractivity contribution in [3.8, 4) is 0 Å². The average Bonchev–Trinajstić information content (AvgIpc) is 3.13. The van der Waals surface area contributed by atoms with E-state index in [1.807, 2.05) is 0 Å². The lowest BCUT2D eigenvalue weighted by atomic mass is 9.81. The molecular weight excluding hydrogens is 680 g/mol. The number of anilines is 4. The molecule has 274 valence electrons. The smallest absolute Gasteiger partial charge is 0.332 e. The van der Waals surface area contributed by atoms with Crippen LogP contribution < -0.4 is 67.9 Å². The fourth-order valence-corrected chi connectivity index (χ4v) is 6.50. The van der Waals surface area contributed by atoms with Crippen LogP contribution in [0.4, 0.5) is 23.3 Å². The number of hydrogen-bond donors (Lipinski definition) is 4. The Morgan fingerprint density at radius 2 is 0.596 bits per heavy atom. The SMILES string of the molecule is Cn1c(N)c(C(c2cccc(C(c3c(N)n(C)c(=O)n(C)c3=O)c3c(N)n(C)c(=O)n(C)c3=O)c2)c2c(N)n(C)c(=O)n(C)c2=O)c(=O)n(C)c1=O. The molecule has 0 unspecified atom stereocenters. The van der Waals surface area contributed by atoms with E-state index < -0.39 is 56.8 Å². The van der Waals surface area contributed by atoms with Crippen molar-refractivity contribution in [2.24, 2.45) is 56.4 Å². The number of rotatable bonds is 6. The molecule has 0 bridgehead atoms. The van der Waals surface area contributed by atoms with Gasteiger partial charge in [-0.2, -0.15) is 0 Å². The van der Waals surface area contributed by atoms with Crippen molar-refractivity contribution in [1.29, 1.82) is 0 Å². The molecule has 0 saturated heterocycles. The first-order valence-electron chi connectivity index (χ1n) is 15.5. The van der Waals surface area contributed by atoms with Crippen molar-refractivity contribution in [3.63, 3.8) is 0 Å². The van der Waals surface area contributed by atoms with Gasteiger partial charge in [0.25, 0.3) is 22.2 Å². The van der Waals surface area contributed by atoms with E-state index in [4.69, 9.17) is 22.9 Å². The molecule has 0 amide bonds. The second-order valence-corrected chi connectivity index (χ2v) is 12.6. The Labute approximate surface area is 291 Å². The Morgan fingerprint density at radius 1 is 0.385 bits per heavy atom. The molecule has 8 N–H and O–H groups in total. The van der Waals surface area contributed by atoms with E-state index in [9.17, 15) is 38.4 Å². The summed E-state index contributed by atoms with van der Waals surface area (Å²) in [7, 11) is 10.2. The quantitative estimate of drug-likeness (QED) is 0.131. The Balaban J connectivity index is 2.03. The first kappa shape index (κ1) is 36.4. The first-order valence-corrected chi connectivity index (χ1v) is 15.5. The maximum atomic E-state index is 13.9. The van der Waals surface area contributed by atoms with Gasteiger partial charge in [0.1, 0.15) is 23.3 Å². The zero-order valence-corrected chi connectivity index (χ0v) is 29.6. The Bertz CT molecular complexity index is 2500. The summed E-state index contributed by atoms with van der Waals surface area (Å²) >= 11 is 0. The molecule has 5 rings (SSSR count). The molecule has 0 aliphatic heterocycles. The lowest BCUT2D eigenvalue weighted by molar-refractivity contribution is 0.651. The van der Waals surface area contributed by atoms with Gasteiger partial charge in [0.15, 0.2) is 0 Å². The van der Waals surface area contributed by atoms with Gasteiger partial charge in [0.2, 0.25) is 0 Å². The van der Waals surface area contributed by atoms with Crippen LogP contribution in [0.3, 0.4) is 0 Å². The summed E-state index contributed by atoms with van der Waals surface area (Å²) in [6, 6.07) is 5.94. The fraction of sp³-hybridized carbons (Fsp3) is 0.312. The molecule has 0 aliphatic rings. The largest absolute Gasteiger partial charge is 0.385 e. The normalized spacial score (nSPS) is 11.6. The molecular formula is C32H38N12O8. The topological polar surface area (TPSA) is 280 Å². The average molecular weight is 719 g/mol. The van der Waals surface area contributed by atoms with E-state index in [0.717, 1.165) is 36.5 Å². The minimum Gasteiger partial charge on any atom is -0.385 e. The van der Waals surface area contributed by atoms with Crippen LogP contribution in [0.2, 0.25) is 0 Å². The minimum absolute atomic E-state index is 0.132. The van der Waals surface area contributed by atoms with Gasteiger partial charge >= 0.3 is 22.8 Å². The van der Waals surface area contributed by atoms with Crippen LogP contribution in [0, 0.1) is 0 Å². The molecule has 0 saturated carbocycles. The zero-order chi connectivity index (χ0) is 39.0. The maximum Gasteiger partial charge on any atom is 0.332 e. The molecule has 52 heavy (non-hydrogen) atoms. The standard InChI is InChI=1S/C32H38N12O8/c1-37-21(33)17(25(45)41(5)29(37)49)15(18-22(34)38(2)30(50)42(6)26(18)46)13-10-9-11-14(12-13)16(19-23(35)39(3)31(51)43(7)27(19)47)20-24(36)40(4)32(52)44(8)28(20)48/h9-12,15-16H,33-36H2,1-8H3. The number of benzene rings is 1. The van der Waals surface area contributed by atoms with Crippen molar-refractivity contribution in [1.82, 2.24) is 36.5 Å². The van der Waals surface area contributed by atoms with Crippen molar-refractivity contribution in [2.75, 3.05) is 22.9 Å². The number of aromatic nitrogens is 8. The second kappa shape index (κ2) is 12.5. The van der Waals surface area contributed by atoms with Crippen molar-refractivity contribution >= 4 is 23.3 Å². The highest BCUT2D eigenvalue weighted by molar-refractivity contribution is 5.60. The fourth-order valence-electron chi connectivity index (χ4n) is 6.50. The van der Waals surface area contributed by atoms with Crippen LogP contribution in [0.5, 0.6) is 0 Å². The number of nitrogen functional groups attached to an aromatic ring is 4. The lowest BCUT2D eigenvalue weighted by Gasteiger charge is -2.26. The van der Waals surface area contributed by atoms with Crippen molar-refractivity contribution in [3.05, 3.63) is 141 Å². The Morgan fingerprint density at radius 3 is 0.808 bits per heavy atom.